The van der Waals surface area contributed by atoms with Gasteiger partial charge in [0.1, 0.15) is 0 Å². The van der Waals surface area contributed by atoms with Gasteiger partial charge in [0.2, 0.25) is 0 Å². The fourth-order valence-electron chi connectivity index (χ4n) is 3.18. The van der Waals surface area contributed by atoms with Crippen molar-refractivity contribution in [2.45, 2.75) is 91.9 Å². The summed E-state index contributed by atoms with van der Waals surface area (Å²) in [5.74, 6) is -1.01. The third kappa shape index (κ3) is 13.6. The van der Waals surface area contributed by atoms with E-state index in [0.29, 0.717) is 11.8 Å². The van der Waals surface area contributed by atoms with Crippen molar-refractivity contribution in [3.63, 3.8) is 0 Å². The first kappa shape index (κ1) is 23.7. The van der Waals surface area contributed by atoms with Crippen LogP contribution in [0.25, 0.3) is 0 Å². The van der Waals surface area contributed by atoms with E-state index in [4.69, 9.17) is 5.11 Å². The Bertz CT molecular complexity index is 392. The lowest BCUT2D eigenvalue weighted by molar-refractivity contribution is -0.135. The first-order valence-electron chi connectivity index (χ1n) is 9.91. The molecule has 4 heteroatoms. The van der Waals surface area contributed by atoms with E-state index in [2.05, 4.69) is 27.7 Å². The Morgan fingerprint density at radius 2 is 1.12 bits per heavy atom. The minimum absolute atomic E-state index is 0.0696. The highest BCUT2D eigenvalue weighted by atomic mass is 16.4. The highest BCUT2D eigenvalue weighted by Crippen LogP contribution is 2.26. The molecular weight excluding hydrogens is 316 g/mol. The van der Waals surface area contributed by atoms with Gasteiger partial charge in [0, 0.05) is 11.6 Å². The molecule has 0 rings (SSSR count). The molecule has 0 unspecified atom stereocenters. The number of aliphatic carboxylic acids is 2. The molecule has 0 aromatic heterocycles. The van der Waals surface area contributed by atoms with Gasteiger partial charge in [-0.05, 0) is 30.6 Å². The molecule has 0 radical (unpaired) electrons. The number of carboxylic acid groups (broad SMARTS) is 2. The summed E-state index contributed by atoms with van der Waals surface area (Å²) < 4.78 is 0. The van der Waals surface area contributed by atoms with Gasteiger partial charge in [-0.15, -0.1) is 0 Å². The van der Waals surface area contributed by atoms with Gasteiger partial charge in [-0.25, -0.2) is 9.59 Å². The largest absolute Gasteiger partial charge is 0.478 e. The second kappa shape index (κ2) is 13.9. The molecule has 0 fully saturated rings. The highest BCUT2D eigenvalue weighted by Gasteiger charge is 2.21. The van der Waals surface area contributed by atoms with Crippen LogP contribution < -0.4 is 0 Å². The molecule has 0 aromatic carbocycles. The van der Waals surface area contributed by atoms with Gasteiger partial charge in [0.25, 0.3) is 0 Å². The SMILES string of the molecule is CC(C)CCCCCC(CCCCCC(C)C)/C(=C/C(=O)O)C(=O)O. The predicted molar refractivity (Wildman–Crippen MR) is 103 cm³/mol. The van der Waals surface area contributed by atoms with Crippen LogP contribution in [0.5, 0.6) is 0 Å². The number of rotatable bonds is 15. The molecule has 0 spiro atoms. The normalized spacial score (nSPS) is 12.4. The second-order valence-electron chi connectivity index (χ2n) is 8.00. The lowest BCUT2D eigenvalue weighted by Crippen LogP contribution is -2.15. The quantitative estimate of drug-likeness (QED) is 0.283. The van der Waals surface area contributed by atoms with E-state index in [1.54, 1.807) is 0 Å². The van der Waals surface area contributed by atoms with Crippen LogP contribution in [0, 0.1) is 17.8 Å². The summed E-state index contributed by atoms with van der Waals surface area (Å²) in [6.07, 6.45) is 11.2. The van der Waals surface area contributed by atoms with Crippen LogP contribution in [0.15, 0.2) is 11.6 Å². The molecule has 146 valence electrons. The number of hydrogen-bond donors (Lipinski definition) is 2. The predicted octanol–water partition coefficient (Wildman–Crippen LogP) is 5.91. The summed E-state index contributed by atoms with van der Waals surface area (Å²) in [6.45, 7) is 8.83. The Balaban J connectivity index is 4.58. The third-order valence-corrected chi connectivity index (χ3v) is 4.63. The van der Waals surface area contributed by atoms with Crippen LogP contribution in [-0.4, -0.2) is 22.2 Å². The number of unbranched alkanes of at least 4 members (excludes halogenated alkanes) is 4. The van der Waals surface area contributed by atoms with Crippen molar-refractivity contribution in [2.24, 2.45) is 17.8 Å². The number of hydrogen-bond acceptors (Lipinski definition) is 2. The molecule has 0 saturated heterocycles. The summed E-state index contributed by atoms with van der Waals surface area (Å²) in [5.41, 5.74) is 0.0696. The molecule has 0 aliphatic rings. The Labute approximate surface area is 153 Å². The Morgan fingerprint density at radius 1 is 0.720 bits per heavy atom. The van der Waals surface area contributed by atoms with Gasteiger partial charge in [-0.3, -0.25) is 0 Å². The molecule has 0 atom stereocenters. The summed E-state index contributed by atoms with van der Waals surface area (Å²) in [7, 11) is 0. The van der Waals surface area contributed by atoms with Gasteiger partial charge >= 0.3 is 11.9 Å². The maximum absolute atomic E-state index is 11.5. The molecule has 25 heavy (non-hydrogen) atoms. The van der Waals surface area contributed by atoms with Gasteiger partial charge in [-0.2, -0.15) is 0 Å². The molecule has 0 heterocycles. The van der Waals surface area contributed by atoms with E-state index >= 15 is 0 Å². The minimum atomic E-state index is -1.16. The average molecular weight is 355 g/mol. The van der Waals surface area contributed by atoms with E-state index in [-0.39, 0.29) is 11.5 Å². The summed E-state index contributed by atoms with van der Waals surface area (Å²) in [5, 5.41) is 18.4. The Hall–Kier alpha value is -1.32. The van der Waals surface area contributed by atoms with E-state index in [9.17, 15) is 14.7 Å². The lowest BCUT2D eigenvalue weighted by Gasteiger charge is -2.18. The van der Waals surface area contributed by atoms with E-state index < -0.39 is 11.9 Å². The van der Waals surface area contributed by atoms with Crippen molar-refractivity contribution < 1.29 is 19.8 Å². The van der Waals surface area contributed by atoms with Crippen LogP contribution in [-0.2, 0) is 9.59 Å². The van der Waals surface area contributed by atoms with Gasteiger partial charge < -0.3 is 10.2 Å². The van der Waals surface area contributed by atoms with Gasteiger partial charge in [0.05, 0.1) is 0 Å². The van der Waals surface area contributed by atoms with Crippen molar-refractivity contribution in [1.29, 1.82) is 0 Å². The summed E-state index contributed by atoms with van der Waals surface area (Å²) in [4.78, 5) is 22.5. The van der Waals surface area contributed by atoms with Crippen LogP contribution >= 0.6 is 0 Å². The van der Waals surface area contributed by atoms with Crippen molar-refractivity contribution in [1.82, 2.24) is 0 Å². The van der Waals surface area contributed by atoms with E-state index in [0.717, 1.165) is 57.4 Å². The third-order valence-electron chi connectivity index (χ3n) is 4.63. The lowest BCUT2D eigenvalue weighted by atomic mass is 9.87. The van der Waals surface area contributed by atoms with E-state index in [1.165, 1.54) is 12.8 Å². The maximum Gasteiger partial charge on any atom is 0.332 e. The second-order valence-corrected chi connectivity index (χ2v) is 8.00. The molecule has 0 aromatic rings. The fraction of sp³-hybridized carbons (Fsp3) is 0.810. The number of carbonyl (C=O) groups is 2. The Morgan fingerprint density at radius 3 is 1.44 bits per heavy atom. The molecule has 0 saturated carbocycles. The first-order valence-corrected chi connectivity index (χ1v) is 9.91. The first-order chi connectivity index (χ1) is 11.7. The van der Waals surface area contributed by atoms with Crippen molar-refractivity contribution >= 4 is 11.9 Å². The molecule has 0 amide bonds. The van der Waals surface area contributed by atoms with Crippen LogP contribution in [0.3, 0.4) is 0 Å². The zero-order valence-electron chi connectivity index (χ0n) is 16.6. The van der Waals surface area contributed by atoms with Crippen molar-refractivity contribution in [3.05, 3.63) is 11.6 Å². The zero-order chi connectivity index (χ0) is 19.2. The summed E-state index contributed by atoms with van der Waals surface area (Å²) in [6, 6.07) is 0. The minimum Gasteiger partial charge on any atom is -0.478 e. The smallest absolute Gasteiger partial charge is 0.332 e. The molecule has 4 nitrogen and oxygen atoms in total. The molecule has 2 N–H and O–H groups in total. The monoisotopic (exact) mass is 354 g/mol. The summed E-state index contributed by atoms with van der Waals surface area (Å²) >= 11 is 0. The maximum atomic E-state index is 11.5. The molecule has 0 bridgehead atoms. The van der Waals surface area contributed by atoms with Crippen molar-refractivity contribution in [2.75, 3.05) is 0 Å². The van der Waals surface area contributed by atoms with Gasteiger partial charge in [-0.1, -0.05) is 79.1 Å². The van der Waals surface area contributed by atoms with Crippen LogP contribution in [0.4, 0.5) is 0 Å². The van der Waals surface area contributed by atoms with Crippen LogP contribution in [0.2, 0.25) is 0 Å². The van der Waals surface area contributed by atoms with Crippen LogP contribution in [0.1, 0.15) is 91.9 Å². The van der Waals surface area contributed by atoms with Crippen molar-refractivity contribution in [3.8, 4) is 0 Å². The topological polar surface area (TPSA) is 74.6 Å². The molecule has 0 aliphatic carbocycles. The highest BCUT2D eigenvalue weighted by molar-refractivity contribution is 5.95. The number of carboxylic acids is 2. The van der Waals surface area contributed by atoms with E-state index in [1.807, 2.05) is 0 Å². The zero-order valence-corrected chi connectivity index (χ0v) is 16.6. The molecule has 0 aliphatic heterocycles. The average Bonchev–Trinajstić information content (AvgIpc) is 2.49. The van der Waals surface area contributed by atoms with Gasteiger partial charge in [0.15, 0.2) is 0 Å². The molecular formula is C21H38O4. The standard InChI is InChI=1S/C21H38O4/c1-16(2)11-7-5-9-13-18(14-10-6-8-12-17(3)4)19(21(24)25)15-20(22)23/h15-18H,5-14H2,1-4H3,(H,22,23)(H,24,25)/b19-15-. The Kier molecular flexibility index (Phi) is 13.2. The fourth-order valence-corrected chi connectivity index (χ4v) is 3.18.